The molecule has 5 nitrogen and oxygen atoms in total. The van der Waals surface area contributed by atoms with Crippen LogP contribution in [0.2, 0.25) is 0 Å². The molecule has 0 aliphatic heterocycles. The Labute approximate surface area is 187 Å². The Kier molecular flexibility index (Phi) is 13.1. The summed E-state index contributed by atoms with van der Waals surface area (Å²) in [7, 11) is 2.98. The molecule has 0 radical (unpaired) electrons. The van der Waals surface area contributed by atoms with Crippen LogP contribution >= 0.6 is 0 Å². The minimum atomic E-state index is -0.951. The van der Waals surface area contributed by atoms with Gasteiger partial charge in [-0.2, -0.15) is 0 Å². The van der Waals surface area contributed by atoms with Crippen molar-refractivity contribution in [3.63, 3.8) is 0 Å². The van der Waals surface area contributed by atoms with Crippen molar-refractivity contribution in [1.29, 1.82) is 0 Å². The minimum absolute atomic E-state index is 0.357. The van der Waals surface area contributed by atoms with E-state index >= 15 is 0 Å². The van der Waals surface area contributed by atoms with Gasteiger partial charge in [-0.25, -0.2) is 4.79 Å². The molecular weight excluding hydrogens is 392 g/mol. The fourth-order valence-corrected chi connectivity index (χ4v) is 3.27. The molecule has 5 heteroatoms. The third kappa shape index (κ3) is 9.43. The van der Waals surface area contributed by atoms with E-state index in [9.17, 15) is 4.79 Å². The molecule has 31 heavy (non-hydrogen) atoms. The molecule has 1 aliphatic rings. The van der Waals surface area contributed by atoms with Crippen molar-refractivity contribution >= 4 is 5.97 Å². The quantitative estimate of drug-likeness (QED) is 0.580. The van der Waals surface area contributed by atoms with Crippen LogP contribution in [0.5, 0.6) is 11.5 Å². The molecule has 0 saturated heterocycles. The highest BCUT2D eigenvalue weighted by Crippen LogP contribution is 2.25. The van der Waals surface area contributed by atoms with Gasteiger partial charge in [0, 0.05) is 13.5 Å². The first kappa shape index (κ1) is 26.5. The Hall–Kier alpha value is -2.53. The molecule has 2 aromatic rings. The van der Waals surface area contributed by atoms with E-state index in [2.05, 4.69) is 25.1 Å². The number of rotatable bonds is 8. The molecule has 0 amide bonds. The maximum Gasteiger partial charge on any atom is 0.333 e. The normalized spacial score (nSPS) is 12.8. The van der Waals surface area contributed by atoms with Crippen LogP contribution in [0, 0.1) is 0 Å². The maximum atomic E-state index is 10.7. The summed E-state index contributed by atoms with van der Waals surface area (Å²) in [5.74, 6) is 0.851. The fraction of sp³-hybridized carbons (Fsp3) is 0.500. The predicted molar refractivity (Wildman–Crippen MR) is 125 cm³/mol. The number of aryl methyl sites for hydroxylation is 2. The van der Waals surface area contributed by atoms with E-state index in [-0.39, 0.29) is 0 Å². The van der Waals surface area contributed by atoms with Crippen LogP contribution in [0.4, 0.5) is 0 Å². The molecule has 1 aliphatic carbocycles. The second-order valence-electron chi connectivity index (χ2n) is 7.10. The lowest BCUT2D eigenvalue weighted by Gasteiger charge is -2.16. The van der Waals surface area contributed by atoms with Gasteiger partial charge >= 0.3 is 5.97 Å². The van der Waals surface area contributed by atoms with Gasteiger partial charge in [-0.15, -0.1) is 0 Å². The summed E-state index contributed by atoms with van der Waals surface area (Å²) in [4.78, 5) is 10.7. The molecule has 0 bridgehead atoms. The molecule has 0 heterocycles. The summed E-state index contributed by atoms with van der Waals surface area (Å²) < 4.78 is 15.5. The number of hydrogen-bond donors (Lipinski definition) is 1. The zero-order valence-electron chi connectivity index (χ0n) is 19.6. The third-order valence-electron chi connectivity index (χ3n) is 4.93. The van der Waals surface area contributed by atoms with Gasteiger partial charge in [0.25, 0.3) is 0 Å². The Morgan fingerprint density at radius 3 is 2.13 bits per heavy atom. The summed E-state index contributed by atoms with van der Waals surface area (Å²) in [6.07, 6.45) is 5.82. The average molecular weight is 431 g/mol. The summed E-state index contributed by atoms with van der Waals surface area (Å²) in [6, 6.07) is 13.8. The number of methoxy groups -OCH3 is 2. The summed E-state index contributed by atoms with van der Waals surface area (Å²) in [5.41, 5.74) is 3.94. The highest BCUT2D eigenvalue weighted by atomic mass is 16.5. The first-order valence-corrected chi connectivity index (χ1v) is 11.2. The van der Waals surface area contributed by atoms with E-state index in [0.717, 1.165) is 30.1 Å². The highest BCUT2D eigenvalue weighted by molar-refractivity contribution is 5.72. The van der Waals surface area contributed by atoms with E-state index in [4.69, 9.17) is 19.3 Å². The number of carboxylic acid groups (broad SMARTS) is 1. The molecule has 1 unspecified atom stereocenters. The zero-order chi connectivity index (χ0) is 23.1. The van der Waals surface area contributed by atoms with Crippen LogP contribution in [-0.4, -0.2) is 38.0 Å². The zero-order valence-corrected chi connectivity index (χ0v) is 19.6. The van der Waals surface area contributed by atoms with Crippen LogP contribution in [0.15, 0.2) is 42.5 Å². The van der Waals surface area contributed by atoms with Gasteiger partial charge < -0.3 is 19.3 Å². The molecule has 1 N–H and O–H groups in total. The van der Waals surface area contributed by atoms with Gasteiger partial charge in [0.05, 0.1) is 13.7 Å². The number of fused-ring (bicyclic) bond motifs is 1. The average Bonchev–Trinajstić information content (AvgIpc) is 2.83. The number of hydrogen-bond acceptors (Lipinski definition) is 4. The van der Waals surface area contributed by atoms with Crippen molar-refractivity contribution in [3.05, 3.63) is 59.2 Å². The van der Waals surface area contributed by atoms with E-state index in [1.807, 2.05) is 26.0 Å². The first-order valence-electron chi connectivity index (χ1n) is 11.2. The molecule has 2 aromatic carbocycles. The van der Waals surface area contributed by atoms with Crippen molar-refractivity contribution in [2.24, 2.45) is 0 Å². The Morgan fingerprint density at radius 2 is 1.58 bits per heavy atom. The third-order valence-corrected chi connectivity index (χ3v) is 4.93. The van der Waals surface area contributed by atoms with Crippen LogP contribution in [-0.2, 0) is 28.8 Å². The lowest BCUT2D eigenvalue weighted by atomic mass is 9.92. The van der Waals surface area contributed by atoms with Crippen LogP contribution < -0.4 is 9.47 Å². The van der Waals surface area contributed by atoms with Crippen molar-refractivity contribution < 1.29 is 24.1 Å². The summed E-state index contributed by atoms with van der Waals surface area (Å²) in [6.45, 7) is 6.97. The number of ether oxygens (including phenoxy) is 3. The van der Waals surface area contributed by atoms with E-state index in [1.54, 1.807) is 19.2 Å². The van der Waals surface area contributed by atoms with Crippen molar-refractivity contribution in [3.8, 4) is 11.5 Å². The molecule has 0 fully saturated rings. The lowest BCUT2D eigenvalue weighted by molar-refractivity contribution is -0.148. The first-order chi connectivity index (χ1) is 15.1. The molecule has 0 aromatic heterocycles. The highest BCUT2D eigenvalue weighted by Gasteiger charge is 2.16. The van der Waals surface area contributed by atoms with E-state index < -0.39 is 12.1 Å². The number of carboxylic acids is 1. The molecular formula is C26H38O5. The van der Waals surface area contributed by atoms with Gasteiger partial charge in [0.2, 0.25) is 0 Å². The Balaban J connectivity index is 0.000000287. The predicted octanol–water partition coefficient (Wildman–Crippen LogP) is 5.72. The molecule has 172 valence electrons. The van der Waals surface area contributed by atoms with E-state index in [1.165, 1.54) is 43.9 Å². The van der Waals surface area contributed by atoms with Gasteiger partial charge in [0.15, 0.2) is 6.10 Å². The second-order valence-corrected chi connectivity index (χ2v) is 7.10. The summed E-state index contributed by atoms with van der Waals surface area (Å²) in [5, 5.41) is 8.79. The van der Waals surface area contributed by atoms with Crippen LogP contribution in [0.25, 0.3) is 0 Å². The molecule has 0 spiro atoms. The van der Waals surface area contributed by atoms with Gasteiger partial charge in [0.1, 0.15) is 11.5 Å². The Morgan fingerprint density at radius 1 is 0.968 bits per heavy atom. The minimum Gasteiger partial charge on any atom is -0.497 e. The van der Waals surface area contributed by atoms with Gasteiger partial charge in [-0.3, -0.25) is 0 Å². The number of benzene rings is 2. The number of carbonyl (C=O) groups is 1. The fourth-order valence-electron chi connectivity index (χ4n) is 3.27. The van der Waals surface area contributed by atoms with Crippen LogP contribution in [0.3, 0.4) is 0 Å². The maximum absolute atomic E-state index is 10.7. The second kappa shape index (κ2) is 15.3. The molecule has 1 atom stereocenters. The van der Waals surface area contributed by atoms with Crippen molar-refractivity contribution in [2.75, 3.05) is 20.8 Å². The van der Waals surface area contributed by atoms with Gasteiger partial charge in [-0.05, 0) is 73.1 Å². The van der Waals surface area contributed by atoms with Crippen molar-refractivity contribution in [1.82, 2.24) is 0 Å². The standard InChI is InChI=1S/C13H18O.C11H14O4.C2H6/c1-2-9-14-13-8-7-11-5-3-4-6-12(11)10-13;1-14-9-5-3-8(4-6-9)7-10(15-2)11(12)13;1-2/h7-8,10H,2-6,9H2,1H3;3-6,10H,7H2,1-2H3,(H,12,13);1-2H3. The number of aliphatic carboxylic acids is 1. The summed E-state index contributed by atoms with van der Waals surface area (Å²) >= 11 is 0. The SMILES string of the molecule is CC.CCCOc1ccc2c(c1)CCCC2.COc1ccc(CC(OC)C(=O)O)cc1. The molecule has 3 rings (SSSR count). The van der Waals surface area contributed by atoms with Crippen LogP contribution in [0.1, 0.15) is 56.7 Å². The van der Waals surface area contributed by atoms with Crippen molar-refractivity contribution in [2.45, 2.75) is 65.4 Å². The monoisotopic (exact) mass is 430 g/mol. The topological polar surface area (TPSA) is 65.0 Å². The largest absolute Gasteiger partial charge is 0.497 e. The molecule has 0 saturated carbocycles. The smallest absolute Gasteiger partial charge is 0.333 e. The lowest BCUT2D eigenvalue weighted by Crippen LogP contribution is -2.24. The van der Waals surface area contributed by atoms with E-state index in [0.29, 0.717) is 6.42 Å². The van der Waals surface area contributed by atoms with Gasteiger partial charge in [-0.1, -0.05) is 39.0 Å². The Bertz CT molecular complexity index is 755.